The summed E-state index contributed by atoms with van der Waals surface area (Å²) >= 11 is 0. The van der Waals surface area contributed by atoms with Crippen molar-refractivity contribution in [1.82, 2.24) is 9.88 Å². The summed E-state index contributed by atoms with van der Waals surface area (Å²) < 4.78 is 15.9. The van der Waals surface area contributed by atoms with Crippen LogP contribution >= 0.6 is 0 Å². The first-order valence-corrected chi connectivity index (χ1v) is 11.4. The van der Waals surface area contributed by atoms with Gasteiger partial charge in [-0.3, -0.25) is 10.1 Å². The molecule has 3 rings (SSSR count). The summed E-state index contributed by atoms with van der Waals surface area (Å²) in [7, 11) is 4.88. The molecule has 2 aromatic carbocycles. The second-order valence-corrected chi connectivity index (χ2v) is 9.55. The number of hydrogen-bond acceptors (Lipinski definition) is 8. The van der Waals surface area contributed by atoms with Gasteiger partial charge in [0.25, 0.3) is 6.01 Å². The number of amides is 2. The predicted molar refractivity (Wildman–Crippen MR) is 138 cm³/mol. The molecule has 1 aromatic heterocycles. The highest BCUT2D eigenvalue weighted by Gasteiger charge is 2.24. The lowest BCUT2D eigenvalue weighted by molar-refractivity contribution is -0.129. The Morgan fingerprint density at radius 1 is 1.11 bits per heavy atom. The Morgan fingerprint density at radius 2 is 1.78 bits per heavy atom. The molecule has 0 aliphatic heterocycles. The summed E-state index contributed by atoms with van der Waals surface area (Å²) in [6.45, 7) is 6.96. The fourth-order valence-electron chi connectivity index (χ4n) is 3.59. The van der Waals surface area contributed by atoms with E-state index in [1.165, 1.54) is 4.90 Å². The Morgan fingerprint density at radius 3 is 2.36 bits per heavy atom. The van der Waals surface area contributed by atoms with Gasteiger partial charge in [0, 0.05) is 26.2 Å². The van der Waals surface area contributed by atoms with Crippen molar-refractivity contribution >= 4 is 34.6 Å². The number of nitrogens with zero attached hydrogens (tertiary/aromatic N) is 2. The highest BCUT2D eigenvalue weighted by atomic mass is 16.6. The third-order valence-electron chi connectivity index (χ3n) is 5.33. The molecule has 3 aromatic rings. The first-order chi connectivity index (χ1) is 16.9. The molecule has 2 N–H and O–H groups in total. The molecule has 2 amide bonds. The van der Waals surface area contributed by atoms with Gasteiger partial charge < -0.3 is 24.1 Å². The van der Waals surface area contributed by atoms with E-state index in [4.69, 9.17) is 13.9 Å². The predicted octanol–water partition coefficient (Wildman–Crippen LogP) is 3.96. The van der Waals surface area contributed by atoms with Gasteiger partial charge in [-0.15, -0.1) is 0 Å². The van der Waals surface area contributed by atoms with Crippen molar-refractivity contribution in [2.24, 2.45) is 0 Å². The normalized spacial score (nSPS) is 12.1. The average molecular weight is 497 g/mol. The number of hydrogen-bond donors (Lipinski definition) is 2. The minimum atomic E-state index is -0.726. The summed E-state index contributed by atoms with van der Waals surface area (Å²) in [6, 6.07) is 9.79. The first-order valence-electron chi connectivity index (χ1n) is 11.4. The van der Waals surface area contributed by atoms with E-state index in [2.05, 4.69) is 15.6 Å². The van der Waals surface area contributed by atoms with Crippen LogP contribution in [0.5, 0.6) is 5.75 Å². The SMILES string of the molecule is COc1ccc(C[C@H](Nc2nc3ccc(NC(=O)OC(C)(C)C)c(C)c3c(=O)o2)C(=O)N(C)C)cc1. The summed E-state index contributed by atoms with van der Waals surface area (Å²) in [5.74, 6) is 0.503. The van der Waals surface area contributed by atoms with Crippen molar-refractivity contribution < 1.29 is 23.5 Å². The number of methoxy groups -OCH3 is 1. The van der Waals surface area contributed by atoms with Crippen LogP contribution in [0.15, 0.2) is 45.6 Å². The van der Waals surface area contributed by atoms with Crippen molar-refractivity contribution in [3.8, 4) is 5.75 Å². The zero-order chi connectivity index (χ0) is 26.6. The fourth-order valence-corrected chi connectivity index (χ4v) is 3.59. The van der Waals surface area contributed by atoms with Gasteiger partial charge in [-0.25, -0.2) is 9.59 Å². The number of likely N-dealkylation sites (N-methyl/N-ethyl adjacent to an activating group) is 1. The number of fused-ring (bicyclic) bond motifs is 1. The molecule has 192 valence electrons. The zero-order valence-electron chi connectivity index (χ0n) is 21.6. The second kappa shape index (κ2) is 10.7. The second-order valence-electron chi connectivity index (χ2n) is 9.55. The molecular weight excluding hydrogens is 464 g/mol. The Labute approximate surface area is 209 Å². The molecule has 0 bridgehead atoms. The van der Waals surface area contributed by atoms with Crippen molar-refractivity contribution in [3.63, 3.8) is 0 Å². The minimum absolute atomic E-state index is 0.0755. The number of aryl methyl sites for hydroxylation is 1. The van der Waals surface area contributed by atoms with Gasteiger partial charge in [0.05, 0.1) is 18.0 Å². The number of aromatic nitrogens is 1. The number of nitrogens with one attached hydrogen (secondary N) is 2. The quantitative estimate of drug-likeness (QED) is 0.504. The monoisotopic (exact) mass is 496 g/mol. The first kappa shape index (κ1) is 26.5. The van der Waals surface area contributed by atoms with Crippen molar-refractivity contribution in [2.45, 2.75) is 45.8 Å². The summed E-state index contributed by atoms with van der Waals surface area (Å²) in [5, 5.41) is 5.85. The van der Waals surface area contributed by atoms with Gasteiger partial charge in [-0.1, -0.05) is 12.1 Å². The number of benzene rings is 2. The molecule has 0 unspecified atom stereocenters. The third kappa shape index (κ3) is 6.53. The Bertz CT molecular complexity index is 1310. The van der Waals surface area contributed by atoms with Gasteiger partial charge in [0.15, 0.2) is 0 Å². The average Bonchev–Trinajstić information content (AvgIpc) is 2.79. The zero-order valence-corrected chi connectivity index (χ0v) is 21.6. The molecule has 0 aliphatic rings. The molecule has 0 aliphatic carbocycles. The van der Waals surface area contributed by atoms with Gasteiger partial charge in [-0.2, -0.15) is 4.98 Å². The van der Waals surface area contributed by atoms with E-state index in [1.807, 2.05) is 24.3 Å². The van der Waals surface area contributed by atoms with Crippen molar-refractivity contribution in [3.05, 3.63) is 57.9 Å². The number of anilines is 2. The largest absolute Gasteiger partial charge is 0.497 e. The van der Waals surface area contributed by atoms with E-state index in [0.29, 0.717) is 28.9 Å². The summed E-state index contributed by atoms with van der Waals surface area (Å²) in [6.07, 6.45) is -0.300. The molecule has 0 spiro atoms. The molecular formula is C26H32N4O6. The van der Waals surface area contributed by atoms with Crippen LogP contribution in [0, 0.1) is 6.92 Å². The van der Waals surface area contributed by atoms with E-state index in [9.17, 15) is 14.4 Å². The van der Waals surface area contributed by atoms with E-state index < -0.39 is 23.4 Å². The lowest BCUT2D eigenvalue weighted by Crippen LogP contribution is -2.40. The van der Waals surface area contributed by atoms with Crippen LogP contribution in [0.25, 0.3) is 10.9 Å². The minimum Gasteiger partial charge on any atom is -0.497 e. The molecule has 36 heavy (non-hydrogen) atoms. The van der Waals surface area contributed by atoms with Crippen molar-refractivity contribution in [2.75, 3.05) is 31.8 Å². The van der Waals surface area contributed by atoms with Crippen LogP contribution in [-0.4, -0.2) is 54.7 Å². The maximum atomic E-state index is 12.9. The smallest absolute Gasteiger partial charge is 0.412 e. The van der Waals surface area contributed by atoms with Crippen LogP contribution in [0.2, 0.25) is 0 Å². The Balaban J connectivity index is 1.89. The van der Waals surface area contributed by atoms with Crippen molar-refractivity contribution in [1.29, 1.82) is 0 Å². The van der Waals surface area contributed by atoms with Crippen LogP contribution in [-0.2, 0) is 16.0 Å². The molecule has 0 radical (unpaired) electrons. The van der Waals surface area contributed by atoms with Crippen LogP contribution in [0.3, 0.4) is 0 Å². The van der Waals surface area contributed by atoms with E-state index >= 15 is 0 Å². The van der Waals surface area contributed by atoms with Crippen LogP contribution in [0.4, 0.5) is 16.5 Å². The standard InChI is InChI=1S/C26H32N4O6/c1-15-18(29-25(33)36-26(2,3)4)12-13-19-21(15)23(32)35-24(27-19)28-20(22(31)30(5)6)14-16-8-10-17(34-7)11-9-16/h8-13,20H,14H2,1-7H3,(H,27,28)(H,29,33)/t20-/m0/s1. The number of rotatable bonds is 7. The maximum Gasteiger partial charge on any atom is 0.412 e. The molecule has 0 saturated heterocycles. The van der Waals surface area contributed by atoms with Crippen LogP contribution in [0.1, 0.15) is 31.9 Å². The fraction of sp³-hybridized carbons (Fsp3) is 0.385. The topological polar surface area (TPSA) is 123 Å². The van der Waals surface area contributed by atoms with E-state index in [-0.39, 0.29) is 17.3 Å². The summed E-state index contributed by atoms with van der Waals surface area (Å²) in [4.78, 5) is 43.8. The van der Waals surface area contributed by atoms with Gasteiger partial charge in [-0.05, 0) is 63.1 Å². The van der Waals surface area contributed by atoms with Gasteiger partial charge in [0.2, 0.25) is 5.91 Å². The molecule has 10 nitrogen and oxygen atoms in total. The van der Waals surface area contributed by atoms with Gasteiger partial charge >= 0.3 is 11.7 Å². The molecule has 1 heterocycles. The van der Waals surface area contributed by atoms with Crippen LogP contribution < -0.4 is 21.0 Å². The summed E-state index contributed by atoms with van der Waals surface area (Å²) in [5.41, 5.74) is 0.842. The Hall–Kier alpha value is -4.08. The number of ether oxygens (including phenoxy) is 2. The number of carbonyl (C=O) groups is 2. The highest BCUT2D eigenvalue weighted by Crippen LogP contribution is 2.24. The van der Waals surface area contributed by atoms with E-state index in [0.717, 1.165) is 5.56 Å². The highest BCUT2D eigenvalue weighted by molar-refractivity contribution is 5.93. The maximum absolute atomic E-state index is 12.9. The lowest BCUT2D eigenvalue weighted by atomic mass is 10.0. The van der Waals surface area contributed by atoms with Gasteiger partial charge in [0.1, 0.15) is 17.4 Å². The molecule has 1 atom stereocenters. The van der Waals surface area contributed by atoms with E-state index in [1.54, 1.807) is 61.0 Å². The Kier molecular flexibility index (Phi) is 7.87. The molecule has 0 fully saturated rings. The number of carbonyl (C=O) groups excluding carboxylic acids is 2. The lowest BCUT2D eigenvalue weighted by Gasteiger charge is -2.22. The third-order valence-corrected chi connectivity index (χ3v) is 5.33. The molecule has 0 saturated carbocycles. The molecule has 10 heteroatoms.